The normalized spacial score (nSPS) is 13.2. The van der Waals surface area contributed by atoms with Crippen LogP contribution in [0, 0.1) is 13.8 Å². The number of rotatable bonds is 6. The minimum Gasteiger partial charge on any atom is -0.462 e. The molecule has 0 saturated carbocycles. The first-order valence-corrected chi connectivity index (χ1v) is 13.2. The number of esters is 1. The first kappa shape index (κ1) is 24.7. The van der Waals surface area contributed by atoms with Gasteiger partial charge >= 0.3 is 5.97 Å². The molecule has 0 radical (unpaired) electrons. The Morgan fingerprint density at radius 3 is 2.65 bits per heavy atom. The number of hydrogen-bond donors (Lipinski definition) is 2. The van der Waals surface area contributed by atoms with Crippen LogP contribution < -0.4 is 10.6 Å². The summed E-state index contributed by atoms with van der Waals surface area (Å²) in [4.78, 5) is 14.1. The summed E-state index contributed by atoms with van der Waals surface area (Å²) < 4.78 is 7.33. The molecule has 0 saturated heterocycles. The Morgan fingerprint density at radius 1 is 1.18 bits per heavy atom. The van der Waals surface area contributed by atoms with Gasteiger partial charge in [0.25, 0.3) is 0 Å². The molecule has 0 atom stereocenters. The van der Waals surface area contributed by atoms with Crippen molar-refractivity contribution < 1.29 is 9.53 Å². The number of aromatic nitrogens is 2. The predicted octanol–water partition coefficient (Wildman–Crippen LogP) is 6.52. The molecule has 4 rings (SSSR count). The van der Waals surface area contributed by atoms with Gasteiger partial charge in [0.2, 0.25) is 0 Å². The monoisotopic (exact) mass is 516 g/mol. The van der Waals surface area contributed by atoms with Gasteiger partial charge in [-0.15, -0.1) is 11.3 Å². The Labute approximate surface area is 214 Å². The van der Waals surface area contributed by atoms with Crippen LogP contribution in [0.1, 0.15) is 63.9 Å². The molecular formula is C25H29ClN4O2S2. The van der Waals surface area contributed by atoms with Crippen LogP contribution in [0.5, 0.6) is 0 Å². The molecule has 34 heavy (non-hydrogen) atoms. The van der Waals surface area contributed by atoms with Gasteiger partial charge in [0.1, 0.15) is 5.00 Å². The number of benzene rings is 1. The van der Waals surface area contributed by atoms with Crippen molar-refractivity contribution in [2.24, 2.45) is 0 Å². The molecule has 1 aliphatic carbocycles. The Hall–Kier alpha value is -2.42. The maximum atomic E-state index is 12.8. The molecule has 0 aliphatic heterocycles. The summed E-state index contributed by atoms with van der Waals surface area (Å²) in [7, 11) is 0. The van der Waals surface area contributed by atoms with Gasteiger partial charge in [-0.1, -0.05) is 30.2 Å². The smallest absolute Gasteiger partial charge is 0.341 e. The van der Waals surface area contributed by atoms with Crippen molar-refractivity contribution in [1.29, 1.82) is 0 Å². The van der Waals surface area contributed by atoms with Crippen LogP contribution in [0.2, 0.25) is 5.02 Å². The minimum atomic E-state index is -0.282. The highest BCUT2D eigenvalue weighted by Gasteiger charge is 2.26. The number of carbonyl (C=O) groups is 1. The fourth-order valence-electron chi connectivity index (χ4n) is 4.29. The zero-order chi connectivity index (χ0) is 24.2. The van der Waals surface area contributed by atoms with Crippen molar-refractivity contribution >= 4 is 56.9 Å². The topological polar surface area (TPSA) is 68.2 Å². The first-order chi connectivity index (χ1) is 16.4. The SMILES string of the molecule is CCOC(=O)c1c(NC(=S)Nc2c(C)nn(Cc3ccc(Cl)cc3)c2C)sc2c1CCCCC2. The van der Waals surface area contributed by atoms with Gasteiger partial charge < -0.3 is 15.4 Å². The molecule has 180 valence electrons. The molecule has 2 N–H and O–H groups in total. The highest BCUT2D eigenvalue weighted by molar-refractivity contribution is 7.80. The number of anilines is 2. The summed E-state index contributed by atoms with van der Waals surface area (Å²) in [6.45, 7) is 6.77. The number of hydrogen-bond acceptors (Lipinski definition) is 5. The number of ether oxygens (including phenoxy) is 1. The van der Waals surface area contributed by atoms with Gasteiger partial charge in [0.05, 0.1) is 35.8 Å². The molecule has 2 heterocycles. The Kier molecular flexibility index (Phi) is 7.91. The summed E-state index contributed by atoms with van der Waals surface area (Å²) >= 11 is 13.3. The molecule has 1 aliphatic rings. The maximum Gasteiger partial charge on any atom is 0.341 e. The van der Waals surface area contributed by atoms with E-state index >= 15 is 0 Å². The molecule has 0 fully saturated rings. The standard InChI is InChI=1S/C25H29ClN4O2S2/c1-4-32-24(31)21-19-8-6-5-7-9-20(19)34-23(21)28-25(33)27-22-15(2)29-30(16(22)3)14-17-10-12-18(26)13-11-17/h10-13H,4-9,14H2,1-3H3,(H2,27,28,33). The zero-order valence-corrected chi connectivity index (χ0v) is 22.1. The molecule has 1 aromatic carbocycles. The molecular weight excluding hydrogens is 488 g/mol. The highest BCUT2D eigenvalue weighted by Crippen LogP contribution is 2.38. The number of nitrogens with zero attached hydrogens (tertiary/aromatic N) is 2. The Balaban J connectivity index is 1.53. The number of thiophene rings is 1. The number of carbonyl (C=O) groups excluding carboxylic acids is 1. The van der Waals surface area contributed by atoms with Crippen molar-refractivity contribution in [3.8, 4) is 0 Å². The largest absolute Gasteiger partial charge is 0.462 e. The number of halogens is 1. The number of aryl methyl sites for hydroxylation is 2. The summed E-state index contributed by atoms with van der Waals surface area (Å²) in [5, 5.41) is 13.2. The first-order valence-electron chi connectivity index (χ1n) is 11.6. The van der Waals surface area contributed by atoms with E-state index in [4.69, 9.17) is 28.6 Å². The number of fused-ring (bicyclic) bond motifs is 1. The van der Waals surface area contributed by atoms with Crippen molar-refractivity contribution in [2.45, 2.75) is 59.4 Å². The minimum absolute atomic E-state index is 0.282. The summed E-state index contributed by atoms with van der Waals surface area (Å²) in [6.07, 6.45) is 5.30. The van der Waals surface area contributed by atoms with Crippen LogP contribution in [0.4, 0.5) is 10.7 Å². The Morgan fingerprint density at radius 2 is 1.91 bits per heavy atom. The summed E-state index contributed by atoms with van der Waals surface area (Å²) in [5.41, 5.74) is 5.56. The highest BCUT2D eigenvalue weighted by atomic mass is 35.5. The van der Waals surface area contributed by atoms with E-state index < -0.39 is 0 Å². The molecule has 0 amide bonds. The lowest BCUT2D eigenvalue weighted by Gasteiger charge is -2.12. The zero-order valence-electron chi connectivity index (χ0n) is 19.7. The van der Waals surface area contributed by atoms with Crippen LogP contribution in [0.25, 0.3) is 0 Å². The number of nitrogens with one attached hydrogen (secondary N) is 2. The second-order valence-electron chi connectivity index (χ2n) is 8.40. The third-order valence-corrected chi connectivity index (χ3v) is 7.66. The van der Waals surface area contributed by atoms with E-state index in [1.54, 1.807) is 11.3 Å². The fraction of sp³-hybridized carbons (Fsp3) is 0.400. The van der Waals surface area contributed by atoms with E-state index in [1.807, 2.05) is 49.7 Å². The van der Waals surface area contributed by atoms with Gasteiger partial charge in [-0.2, -0.15) is 5.10 Å². The van der Waals surface area contributed by atoms with Crippen LogP contribution in [0.15, 0.2) is 24.3 Å². The maximum absolute atomic E-state index is 12.8. The van der Waals surface area contributed by atoms with Gasteiger partial charge in [-0.25, -0.2) is 4.79 Å². The van der Waals surface area contributed by atoms with Crippen LogP contribution in [0.3, 0.4) is 0 Å². The third-order valence-electron chi connectivity index (χ3n) is 5.99. The third kappa shape index (κ3) is 5.45. The van der Waals surface area contributed by atoms with Crippen LogP contribution >= 0.6 is 35.2 Å². The van der Waals surface area contributed by atoms with Gasteiger partial charge in [-0.3, -0.25) is 4.68 Å². The molecule has 0 bridgehead atoms. The number of thiocarbonyl (C=S) groups is 1. The van der Waals surface area contributed by atoms with E-state index in [2.05, 4.69) is 15.7 Å². The molecule has 0 unspecified atom stereocenters. The van der Waals surface area contributed by atoms with E-state index in [9.17, 15) is 4.79 Å². The van der Waals surface area contributed by atoms with Gasteiger partial charge in [0.15, 0.2) is 5.11 Å². The van der Waals surface area contributed by atoms with Gasteiger partial charge in [-0.05, 0) is 81.9 Å². The fourth-order valence-corrected chi connectivity index (χ4v) is 5.97. The van der Waals surface area contributed by atoms with Gasteiger partial charge in [0, 0.05) is 9.90 Å². The average Bonchev–Trinajstić information content (AvgIpc) is 3.15. The van der Waals surface area contributed by atoms with Crippen molar-refractivity contribution in [3.63, 3.8) is 0 Å². The molecule has 0 spiro atoms. The molecule has 6 nitrogen and oxygen atoms in total. The van der Waals surface area contributed by atoms with E-state index in [0.717, 1.165) is 58.9 Å². The van der Waals surface area contributed by atoms with E-state index in [1.165, 1.54) is 11.3 Å². The molecule has 9 heteroatoms. The second kappa shape index (κ2) is 10.9. The molecule has 3 aromatic rings. The second-order valence-corrected chi connectivity index (χ2v) is 10.3. The van der Waals surface area contributed by atoms with Crippen molar-refractivity contribution in [3.05, 3.63) is 62.2 Å². The Bertz CT molecular complexity index is 1200. The predicted molar refractivity (Wildman–Crippen MR) is 144 cm³/mol. The lowest BCUT2D eigenvalue weighted by atomic mass is 10.1. The van der Waals surface area contributed by atoms with E-state index in [0.29, 0.717) is 28.9 Å². The lowest BCUT2D eigenvalue weighted by molar-refractivity contribution is 0.0527. The summed E-state index contributed by atoms with van der Waals surface area (Å²) in [6, 6.07) is 7.75. The van der Waals surface area contributed by atoms with E-state index in [-0.39, 0.29) is 5.97 Å². The van der Waals surface area contributed by atoms with Crippen LogP contribution in [-0.4, -0.2) is 27.5 Å². The lowest BCUT2D eigenvalue weighted by Crippen LogP contribution is -2.21. The van der Waals surface area contributed by atoms with Crippen LogP contribution in [-0.2, 0) is 24.1 Å². The average molecular weight is 517 g/mol. The molecule has 2 aromatic heterocycles. The van der Waals surface area contributed by atoms with Crippen molar-refractivity contribution in [2.75, 3.05) is 17.2 Å². The summed E-state index contributed by atoms with van der Waals surface area (Å²) in [5.74, 6) is -0.282. The van der Waals surface area contributed by atoms with Crippen molar-refractivity contribution in [1.82, 2.24) is 9.78 Å². The quantitative estimate of drug-likeness (QED) is 0.221.